The first-order valence-electron chi connectivity index (χ1n) is 17.8. The number of phosphoric acid groups is 1. The van der Waals surface area contributed by atoms with Gasteiger partial charge in [0.15, 0.2) is 30.0 Å². The molecule has 8 rings (SSSR count). The number of benzene rings is 2. The lowest BCUT2D eigenvalue weighted by Crippen LogP contribution is -2.37. The molecule has 3 aliphatic rings. The number of aromatic hydroxyl groups is 1. The Morgan fingerprint density at radius 2 is 1.70 bits per heavy atom. The average molecular weight is 896 g/mol. The van der Waals surface area contributed by atoms with Crippen LogP contribution < -0.4 is 21.7 Å². The second-order valence-corrected chi connectivity index (χ2v) is 18.9. The molecular weight excluding hydrogens is 862 g/mol. The lowest BCUT2D eigenvalue weighted by Gasteiger charge is -2.27. The number of nitrogens with zero attached hydrogens (tertiary/aromatic N) is 5. The van der Waals surface area contributed by atoms with Gasteiger partial charge in [-0.15, -0.1) is 0 Å². The molecule has 0 amide bonds. The third-order valence-corrected chi connectivity index (χ3v) is 14.2. The van der Waals surface area contributed by atoms with Crippen LogP contribution in [0, 0.1) is 0 Å². The molecule has 318 valence electrons. The predicted octanol–water partition coefficient (Wildman–Crippen LogP) is 3.18. The first-order chi connectivity index (χ1) is 28.6. The first-order valence-corrected chi connectivity index (χ1v) is 22.4. The fourth-order valence-electron chi connectivity index (χ4n) is 6.54. The quantitative estimate of drug-likeness (QED) is 0.0988. The van der Waals surface area contributed by atoms with E-state index in [-0.39, 0.29) is 39.8 Å². The van der Waals surface area contributed by atoms with E-state index in [4.69, 9.17) is 38.0 Å². The van der Waals surface area contributed by atoms with Gasteiger partial charge in [0.25, 0.3) is 5.56 Å². The van der Waals surface area contributed by atoms with Crippen molar-refractivity contribution in [1.82, 2.24) is 29.1 Å². The molecule has 0 radical (unpaired) electrons. The highest BCUT2D eigenvalue weighted by molar-refractivity contribution is 8.54. The molecule has 2 unspecified atom stereocenters. The molecule has 2 bridgehead atoms. The van der Waals surface area contributed by atoms with Gasteiger partial charge in [-0.25, -0.2) is 42.5 Å². The number of halogens is 2. The van der Waals surface area contributed by atoms with E-state index < -0.39 is 101 Å². The number of phosphoric ester groups is 1. The van der Waals surface area contributed by atoms with Crippen LogP contribution in [0.4, 0.5) is 14.6 Å². The summed E-state index contributed by atoms with van der Waals surface area (Å²) in [4.78, 5) is 61.6. The highest BCUT2D eigenvalue weighted by atomic mass is 32.7. The van der Waals surface area contributed by atoms with E-state index >= 15 is 8.78 Å². The minimum absolute atomic E-state index is 0.0156. The molecular formula is C34H33F2N7O14P2S. The standard InChI is InChI=1S/C34H33F2N7O14P2S/c35-25-21(11-42-10-9-24(45)41-34(42)47)54-23-13-52-59(50,60-14-17-1-7-20(8-2-17)53-33(46)18-3-5-19(44)6-4-18)57-29-26(36)22(12-51-58(48,49)56-28(23)25)55-32(29)43-16-40-27-30(37)38-15-39-31(27)43/h1-10,15-16,21-23,25-26,28-29,32,44H,11-14H2,(H,48,49)(H2,37,38,39)(H,41,45,47)/t21-,22+,23+,25-,26+,28+,29+,32+,59?/m0/s1. The normalized spacial score (nSPS) is 30.9. The maximum absolute atomic E-state index is 16.5. The molecule has 26 heteroatoms. The summed E-state index contributed by atoms with van der Waals surface area (Å²) in [6.45, 7) is -6.91. The van der Waals surface area contributed by atoms with Gasteiger partial charge in [-0.3, -0.25) is 37.0 Å². The highest BCUT2D eigenvalue weighted by Gasteiger charge is 2.54. The number of carbonyl (C=O) groups is 1. The highest BCUT2D eigenvalue weighted by Crippen LogP contribution is 2.65. The third-order valence-electron chi connectivity index (χ3n) is 9.51. The Hall–Kier alpha value is -4.87. The summed E-state index contributed by atoms with van der Waals surface area (Å²) in [5.41, 5.74) is 5.23. The number of alkyl halides is 2. The molecule has 2 aromatic carbocycles. The van der Waals surface area contributed by atoms with Crippen LogP contribution in [0.3, 0.4) is 0 Å². The van der Waals surface area contributed by atoms with E-state index in [1.54, 1.807) is 12.1 Å². The summed E-state index contributed by atoms with van der Waals surface area (Å²) in [6.07, 6.45) is -11.0. The number of ether oxygens (including phenoxy) is 3. The maximum atomic E-state index is 16.5. The topological polar surface area (TPSA) is 281 Å². The monoisotopic (exact) mass is 895 g/mol. The van der Waals surface area contributed by atoms with Crippen molar-refractivity contribution in [3.05, 3.63) is 105 Å². The van der Waals surface area contributed by atoms with Gasteiger partial charge in [0.05, 0.1) is 31.6 Å². The number of H-pyrrole nitrogens is 1. The Labute approximate surface area is 339 Å². The molecule has 0 saturated carbocycles. The van der Waals surface area contributed by atoms with E-state index in [2.05, 4.69) is 15.0 Å². The predicted molar refractivity (Wildman–Crippen MR) is 203 cm³/mol. The van der Waals surface area contributed by atoms with Crippen LogP contribution in [0.2, 0.25) is 0 Å². The minimum Gasteiger partial charge on any atom is -0.508 e. The summed E-state index contributed by atoms with van der Waals surface area (Å²) in [7, 11) is -5.24. The number of hydrogen-bond acceptors (Lipinski definition) is 18. The van der Waals surface area contributed by atoms with Crippen molar-refractivity contribution in [1.29, 1.82) is 0 Å². The number of nitrogens with two attached hydrogens (primary N) is 1. The Morgan fingerprint density at radius 1 is 0.950 bits per heavy atom. The fourth-order valence-corrected chi connectivity index (χ4v) is 10.8. The summed E-state index contributed by atoms with van der Waals surface area (Å²) in [6, 6.07) is 12.5. The number of nitrogens with one attached hydrogen (secondary N) is 1. The van der Waals surface area contributed by atoms with Crippen LogP contribution in [-0.2, 0) is 49.0 Å². The van der Waals surface area contributed by atoms with E-state index in [1.165, 1.54) is 47.3 Å². The number of phenols is 1. The van der Waals surface area contributed by atoms with Crippen molar-refractivity contribution in [2.45, 2.75) is 61.4 Å². The molecule has 6 heterocycles. The van der Waals surface area contributed by atoms with Gasteiger partial charge in [-0.1, -0.05) is 12.1 Å². The van der Waals surface area contributed by atoms with Crippen molar-refractivity contribution >= 4 is 49.0 Å². The number of aromatic amines is 1. The van der Waals surface area contributed by atoms with Crippen molar-refractivity contribution in [2.24, 2.45) is 0 Å². The van der Waals surface area contributed by atoms with E-state index in [9.17, 15) is 33.5 Å². The van der Waals surface area contributed by atoms with E-state index in [0.29, 0.717) is 16.9 Å². The Balaban J connectivity index is 1.08. The van der Waals surface area contributed by atoms with Crippen LogP contribution in [0.15, 0.2) is 83.0 Å². The van der Waals surface area contributed by atoms with Crippen molar-refractivity contribution in [3.63, 3.8) is 0 Å². The van der Waals surface area contributed by atoms with Gasteiger partial charge in [0, 0.05) is 18.0 Å². The maximum Gasteiger partial charge on any atom is 0.472 e. The van der Waals surface area contributed by atoms with E-state index in [0.717, 1.165) is 23.2 Å². The van der Waals surface area contributed by atoms with Gasteiger partial charge in [0.2, 0.25) is 0 Å². The molecule has 0 aliphatic carbocycles. The first kappa shape index (κ1) is 41.8. The summed E-state index contributed by atoms with van der Waals surface area (Å²) in [5.74, 6) is -0.704. The summed E-state index contributed by atoms with van der Waals surface area (Å²) < 4.78 is 102. The van der Waals surface area contributed by atoms with Crippen LogP contribution in [-0.4, -0.2) is 101 Å². The van der Waals surface area contributed by atoms with Gasteiger partial charge in [-0.05, 0) is 53.3 Å². The Morgan fingerprint density at radius 3 is 2.45 bits per heavy atom. The fraction of sp³-hybridized carbons (Fsp3) is 0.353. The zero-order chi connectivity index (χ0) is 42.3. The number of hydrogen-bond donors (Lipinski definition) is 4. The molecule has 3 fully saturated rings. The molecule has 5 N–H and O–H groups in total. The van der Waals surface area contributed by atoms with Crippen molar-refractivity contribution in [3.8, 4) is 11.5 Å². The van der Waals surface area contributed by atoms with Gasteiger partial charge in [-0.2, -0.15) is 0 Å². The van der Waals surface area contributed by atoms with Crippen LogP contribution in [0.1, 0.15) is 22.1 Å². The van der Waals surface area contributed by atoms with Gasteiger partial charge < -0.3 is 29.9 Å². The van der Waals surface area contributed by atoms with Crippen LogP contribution in [0.5, 0.6) is 11.5 Å². The molecule has 3 aromatic heterocycles. The molecule has 3 saturated heterocycles. The third kappa shape index (κ3) is 8.93. The smallest absolute Gasteiger partial charge is 0.472 e. The molecule has 10 atom stereocenters. The SMILES string of the molecule is Nc1ncnc2c1ncn2[C@@H]1O[C@@H]2COP(=O)(O)O[C@H]3[C@@H](F)[C@H](Cn4ccc(=O)[nH]c4=O)O[C@@H]3COP(=O)(SCc3ccc(OC(=O)c4ccc(O)cc4)cc3)O[C@@H]1[C@@H]2F. The Bertz CT molecular complexity index is 2600. The molecule has 60 heavy (non-hydrogen) atoms. The number of aromatic nitrogens is 6. The largest absolute Gasteiger partial charge is 0.508 e. The average Bonchev–Trinajstić information content (AvgIpc) is 3.87. The zero-order valence-electron chi connectivity index (χ0n) is 30.5. The van der Waals surface area contributed by atoms with Gasteiger partial charge >= 0.3 is 26.3 Å². The van der Waals surface area contributed by atoms with Crippen LogP contribution >= 0.6 is 26.0 Å². The number of imidazole rings is 1. The second-order valence-electron chi connectivity index (χ2n) is 13.5. The molecule has 21 nitrogen and oxygen atoms in total. The number of rotatable bonds is 8. The minimum atomic E-state index is -5.24. The van der Waals surface area contributed by atoms with Crippen molar-refractivity contribution in [2.75, 3.05) is 18.9 Å². The molecule has 0 spiro atoms. The number of nitrogen functional groups attached to an aromatic ring is 1. The zero-order valence-corrected chi connectivity index (χ0v) is 33.1. The lowest BCUT2D eigenvalue weighted by atomic mass is 10.1. The Kier molecular flexibility index (Phi) is 11.8. The molecule has 3 aliphatic heterocycles. The number of carbonyl (C=O) groups excluding carboxylic acids is 1. The number of anilines is 1. The second kappa shape index (κ2) is 16.9. The van der Waals surface area contributed by atoms with E-state index in [1.807, 2.05) is 4.98 Å². The van der Waals surface area contributed by atoms with Gasteiger partial charge in [0.1, 0.15) is 53.9 Å². The molecule has 5 aromatic rings. The van der Waals surface area contributed by atoms with Crippen molar-refractivity contribution < 1.29 is 65.0 Å². The summed E-state index contributed by atoms with van der Waals surface area (Å²) >= 11 is 0.595. The number of fused-ring (bicyclic) bond motifs is 4. The lowest BCUT2D eigenvalue weighted by molar-refractivity contribution is -0.0577. The summed E-state index contributed by atoms with van der Waals surface area (Å²) in [5, 5.41) is 9.50. The number of esters is 1. The van der Waals surface area contributed by atoms with Crippen LogP contribution in [0.25, 0.3) is 11.2 Å². The number of phenolic OH excluding ortho intramolecular Hbond substituents is 1.